The molecule has 4 aromatic rings. The molecule has 0 unspecified atom stereocenters. The molecule has 1 atom stereocenters. The highest BCUT2D eigenvalue weighted by Gasteiger charge is 2.22. The zero-order valence-electron chi connectivity index (χ0n) is 16.2. The monoisotopic (exact) mass is 392 g/mol. The number of rotatable bonds is 5. The Morgan fingerprint density at radius 3 is 2.30 bits per heavy atom. The van der Waals surface area contributed by atoms with Crippen LogP contribution in [0.3, 0.4) is 0 Å². The van der Waals surface area contributed by atoms with Gasteiger partial charge in [-0.25, -0.2) is 4.98 Å². The molecule has 3 N–H and O–H groups in total. The maximum Gasteiger partial charge on any atom is 0.254 e. The average molecular weight is 392 g/mol. The van der Waals surface area contributed by atoms with Gasteiger partial charge in [0.1, 0.15) is 0 Å². The number of para-hydroxylation sites is 1. The summed E-state index contributed by atoms with van der Waals surface area (Å²) in [5.41, 5.74) is 10.1. The third-order valence-electron chi connectivity index (χ3n) is 5.01. The van der Waals surface area contributed by atoms with Crippen molar-refractivity contribution in [2.45, 2.75) is 12.5 Å². The molecule has 0 aliphatic carbocycles. The Kier molecular flexibility index (Phi) is 5.40. The van der Waals surface area contributed by atoms with E-state index in [1.807, 2.05) is 84.9 Å². The van der Waals surface area contributed by atoms with Crippen LogP contribution < -0.4 is 11.1 Å². The maximum atomic E-state index is 13.4. The van der Waals surface area contributed by atoms with Crippen LogP contribution >= 0.6 is 0 Å². The van der Waals surface area contributed by atoms with Crippen molar-refractivity contribution in [1.82, 2.24) is 10.3 Å². The zero-order valence-corrected chi connectivity index (χ0v) is 16.2. The number of benzene rings is 3. The smallest absolute Gasteiger partial charge is 0.254 e. The summed E-state index contributed by atoms with van der Waals surface area (Å²) in [4.78, 5) is 18.1. The summed E-state index contributed by atoms with van der Waals surface area (Å²) in [5.74, 6) is -0.326. The Balaban J connectivity index is 1.82. The van der Waals surface area contributed by atoms with Gasteiger partial charge < -0.3 is 11.1 Å². The number of nitrogens with one attached hydrogen (secondary N) is 1. The topological polar surface area (TPSA) is 91.8 Å². The Hall–Kier alpha value is -4.17. The van der Waals surface area contributed by atoms with Gasteiger partial charge in [0.2, 0.25) is 0 Å². The largest absolute Gasteiger partial charge is 0.396 e. The van der Waals surface area contributed by atoms with Gasteiger partial charge in [-0.1, -0.05) is 78.9 Å². The number of amides is 1. The number of nitriles is 1. The summed E-state index contributed by atoms with van der Waals surface area (Å²) in [7, 11) is 0. The van der Waals surface area contributed by atoms with E-state index in [4.69, 9.17) is 10.7 Å². The molecule has 0 aliphatic rings. The molecule has 5 nitrogen and oxygen atoms in total. The van der Waals surface area contributed by atoms with E-state index in [1.165, 1.54) is 0 Å². The van der Waals surface area contributed by atoms with Gasteiger partial charge in [0, 0.05) is 10.9 Å². The molecule has 4 rings (SSSR count). The number of hydrogen-bond donors (Lipinski definition) is 2. The molecule has 3 aromatic carbocycles. The van der Waals surface area contributed by atoms with E-state index in [9.17, 15) is 10.1 Å². The molecule has 0 saturated carbocycles. The van der Waals surface area contributed by atoms with Crippen LogP contribution in [0.5, 0.6) is 0 Å². The molecule has 0 saturated heterocycles. The molecule has 146 valence electrons. The molecular formula is C25H20N4O. The van der Waals surface area contributed by atoms with Crippen LogP contribution in [0.4, 0.5) is 5.69 Å². The second-order valence-corrected chi connectivity index (χ2v) is 6.93. The number of pyridine rings is 1. The Labute approximate surface area is 174 Å². The lowest BCUT2D eigenvalue weighted by molar-refractivity contribution is 0.0940. The van der Waals surface area contributed by atoms with Crippen molar-refractivity contribution in [3.8, 4) is 17.3 Å². The first-order valence-corrected chi connectivity index (χ1v) is 9.65. The summed E-state index contributed by atoms with van der Waals surface area (Å²) in [5, 5.41) is 12.9. The molecule has 1 heterocycles. The zero-order chi connectivity index (χ0) is 20.9. The summed E-state index contributed by atoms with van der Waals surface area (Å²) < 4.78 is 0. The van der Waals surface area contributed by atoms with E-state index in [2.05, 4.69) is 11.4 Å². The van der Waals surface area contributed by atoms with Crippen molar-refractivity contribution < 1.29 is 4.79 Å². The van der Waals surface area contributed by atoms with Crippen LogP contribution in [0, 0.1) is 11.3 Å². The summed E-state index contributed by atoms with van der Waals surface area (Å²) in [6.45, 7) is 0. The molecule has 0 spiro atoms. The summed E-state index contributed by atoms with van der Waals surface area (Å²) in [6, 6.07) is 28.2. The lowest BCUT2D eigenvalue weighted by Crippen LogP contribution is -2.29. The van der Waals surface area contributed by atoms with Crippen molar-refractivity contribution in [3.05, 3.63) is 96.1 Å². The van der Waals surface area contributed by atoms with Gasteiger partial charge in [-0.3, -0.25) is 4.79 Å². The van der Waals surface area contributed by atoms with Crippen LogP contribution in [-0.2, 0) is 0 Å². The van der Waals surface area contributed by atoms with E-state index in [0.29, 0.717) is 27.8 Å². The third-order valence-corrected chi connectivity index (χ3v) is 5.01. The fourth-order valence-corrected chi connectivity index (χ4v) is 3.55. The summed E-state index contributed by atoms with van der Waals surface area (Å²) >= 11 is 0. The van der Waals surface area contributed by atoms with Crippen LogP contribution in [0.25, 0.3) is 22.2 Å². The molecule has 1 aromatic heterocycles. The lowest BCUT2D eigenvalue weighted by atomic mass is 9.99. The second kappa shape index (κ2) is 8.46. The summed E-state index contributed by atoms with van der Waals surface area (Å²) in [6.07, 6.45) is 0.157. The molecule has 1 amide bonds. The number of hydrogen-bond acceptors (Lipinski definition) is 4. The number of nitrogens with two attached hydrogens (primary N) is 1. The average Bonchev–Trinajstić information content (AvgIpc) is 2.79. The maximum absolute atomic E-state index is 13.4. The standard InChI is InChI=1S/C25H20N4O/c26-16-15-20(17-9-3-1-4-10-17)29-25(30)22-19-13-7-8-14-21(19)28-24(23(22)27)18-11-5-2-6-12-18/h1-14,20H,15,27H2,(H,29,30)/t20-/m0/s1. The molecule has 30 heavy (non-hydrogen) atoms. The van der Waals surface area contributed by atoms with Crippen LogP contribution in [0.1, 0.15) is 28.4 Å². The van der Waals surface area contributed by atoms with Gasteiger partial charge in [-0.15, -0.1) is 0 Å². The Morgan fingerprint density at radius 2 is 1.60 bits per heavy atom. The van der Waals surface area contributed by atoms with Crippen molar-refractivity contribution >= 4 is 22.5 Å². The third kappa shape index (κ3) is 3.71. The fourth-order valence-electron chi connectivity index (χ4n) is 3.55. The minimum Gasteiger partial charge on any atom is -0.396 e. The first kappa shape index (κ1) is 19.2. The number of fused-ring (bicyclic) bond motifs is 1. The molecule has 0 fully saturated rings. The number of nitrogens with zero attached hydrogens (tertiary/aromatic N) is 2. The Morgan fingerprint density at radius 1 is 0.967 bits per heavy atom. The lowest BCUT2D eigenvalue weighted by Gasteiger charge is -2.19. The predicted octanol–water partition coefficient (Wildman–Crippen LogP) is 4.87. The minimum atomic E-state index is -0.435. The van der Waals surface area contributed by atoms with Gasteiger partial charge in [0.25, 0.3) is 5.91 Å². The minimum absolute atomic E-state index is 0.157. The van der Waals surface area contributed by atoms with Crippen molar-refractivity contribution in [3.63, 3.8) is 0 Å². The first-order chi connectivity index (χ1) is 14.7. The normalized spacial score (nSPS) is 11.6. The second-order valence-electron chi connectivity index (χ2n) is 6.93. The molecule has 5 heteroatoms. The van der Waals surface area contributed by atoms with E-state index < -0.39 is 6.04 Å². The Bertz CT molecular complexity index is 1230. The first-order valence-electron chi connectivity index (χ1n) is 9.65. The van der Waals surface area contributed by atoms with Crippen LogP contribution in [-0.4, -0.2) is 10.9 Å². The van der Waals surface area contributed by atoms with E-state index >= 15 is 0 Å². The van der Waals surface area contributed by atoms with Crippen molar-refractivity contribution in [2.75, 3.05) is 5.73 Å². The van der Waals surface area contributed by atoms with Gasteiger partial charge in [0.05, 0.1) is 41.0 Å². The number of nitrogen functional groups attached to an aromatic ring is 1. The highest BCUT2D eigenvalue weighted by atomic mass is 16.1. The molecule has 0 radical (unpaired) electrons. The van der Waals surface area contributed by atoms with Crippen LogP contribution in [0.15, 0.2) is 84.9 Å². The highest BCUT2D eigenvalue weighted by Crippen LogP contribution is 2.32. The highest BCUT2D eigenvalue weighted by molar-refractivity contribution is 6.12. The van der Waals surface area contributed by atoms with E-state index in [-0.39, 0.29) is 12.3 Å². The number of aromatic nitrogens is 1. The van der Waals surface area contributed by atoms with E-state index in [1.54, 1.807) is 0 Å². The van der Waals surface area contributed by atoms with Crippen molar-refractivity contribution in [1.29, 1.82) is 5.26 Å². The number of carbonyl (C=O) groups excluding carboxylic acids is 1. The van der Waals surface area contributed by atoms with Crippen molar-refractivity contribution in [2.24, 2.45) is 0 Å². The quantitative estimate of drug-likeness (QED) is 0.507. The predicted molar refractivity (Wildman–Crippen MR) is 118 cm³/mol. The van der Waals surface area contributed by atoms with Gasteiger partial charge in [-0.2, -0.15) is 5.26 Å². The van der Waals surface area contributed by atoms with Crippen LogP contribution in [0.2, 0.25) is 0 Å². The molecular weight excluding hydrogens is 372 g/mol. The van der Waals surface area contributed by atoms with E-state index in [0.717, 1.165) is 11.1 Å². The molecule has 0 bridgehead atoms. The van der Waals surface area contributed by atoms with Gasteiger partial charge in [0.15, 0.2) is 0 Å². The molecule has 0 aliphatic heterocycles. The SMILES string of the molecule is N#CC[C@H](NC(=O)c1c(N)c(-c2ccccc2)nc2ccccc12)c1ccccc1. The number of carbonyl (C=O) groups is 1. The number of anilines is 1. The van der Waals surface area contributed by atoms with Gasteiger partial charge in [-0.05, 0) is 11.6 Å². The van der Waals surface area contributed by atoms with Gasteiger partial charge >= 0.3 is 0 Å². The fraction of sp³-hybridized carbons (Fsp3) is 0.0800.